The molecule has 25 heavy (non-hydrogen) atoms. The predicted molar refractivity (Wildman–Crippen MR) is 99.3 cm³/mol. The SMILES string of the molecule is COc1cccc(Cc2nsc(N3CCN(C(=O)C(C)C)CC3)n2)c1. The lowest BCUT2D eigenvalue weighted by molar-refractivity contribution is -0.134. The molecule has 0 spiro atoms. The normalized spacial score (nSPS) is 14.9. The van der Waals surface area contributed by atoms with Gasteiger partial charge in [-0.15, -0.1) is 0 Å². The number of anilines is 1. The third-order valence-electron chi connectivity index (χ3n) is 4.31. The maximum atomic E-state index is 12.1. The van der Waals surface area contributed by atoms with Gasteiger partial charge in [-0.1, -0.05) is 26.0 Å². The topological polar surface area (TPSA) is 58.6 Å². The molecule has 1 aromatic heterocycles. The molecule has 0 atom stereocenters. The average molecular weight is 360 g/mol. The molecule has 0 saturated carbocycles. The number of methoxy groups -OCH3 is 1. The van der Waals surface area contributed by atoms with Crippen LogP contribution in [0.3, 0.4) is 0 Å². The fourth-order valence-corrected chi connectivity index (χ4v) is 3.63. The summed E-state index contributed by atoms with van der Waals surface area (Å²) in [5.74, 6) is 1.96. The van der Waals surface area contributed by atoms with Gasteiger partial charge < -0.3 is 14.5 Å². The molecule has 2 aromatic rings. The highest BCUT2D eigenvalue weighted by Gasteiger charge is 2.24. The summed E-state index contributed by atoms with van der Waals surface area (Å²) < 4.78 is 9.75. The number of hydrogen-bond acceptors (Lipinski definition) is 6. The minimum atomic E-state index is 0.0579. The fraction of sp³-hybridized carbons (Fsp3) is 0.500. The molecule has 6 nitrogen and oxygen atoms in total. The maximum absolute atomic E-state index is 12.1. The van der Waals surface area contributed by atoms with E-state index in [4.69, 9.17) is 4.74 Å². The fourth-order valence-electron chi connectivity index (χ4n) is 2.89. The van der Waals surface area contributed by atoms with E-state index in [1.807, 2.05) is 36.9 Å². The van der Waals surface area contributed by atoms with Gasteiger partial charge in [-0.3, -0.25) is 4.79 Å². The van der Waals surface area contributed by atoms with E-state index in [9.17, 15) is 4.79 Å². The van der Waals surface area contributed by atoms with Gasteiger partial charge in [-0.2, -0.15) is 4.37 Å². The van der Waals surface area contributed by atoms with Gasteiger partial charge in [0.25, 0.3) is 0 Å². The molecule has 7 heteroatoms. The first-order valence-electron chi connectivity index (χ1n) is 8.56. The van der Waals surface area contributed by atoms with Gasteiger partial charge in [-0.05, 0) is 17.7 Å². The lowest BCUT2D eigenvalue weighted by atomic mass is 10.1. The number of nitrogens with zero attached hydrogens (tertiary/aromatic N) is 4. The van der Waals surface area contributed by atoms with Crippen molar-refractivity contribution in [3.8, 4) is 5.75 Å². The maximum Gasteiger partial charge on any atom is 0.225 e. The summed E-state index contributed by atoms with van der Waals surface area (Å²) >= 11 is 1.43. The number of carbonyl (C=O) groups is 1. The van der Waals surface area contributed by atoms with Crippen LogP contribution in [0.5, 0.6) is 5.75 Å². The zero-order valence-corrected chi connectivity index (χ0v) is 15.8. The Morgan fingerprint density at radius 2 is 2.04 bits per heavy atom. The second kappa shape index (κ2) is 7.82. The zero-order valence-electron chi connectivity index (χ0n) is 14.9. The van der Waals surface area contributed by atoms with E-state index >= 15 is 0 Å². The van der Waals surface area contributed by atoms with Crippen LogP contribution < -0.4 is 9.64 Å². The highest BCUT2D eigenvalue weighted by atomic mass is 32.1. The van der Waals surface area contributed by atoms with Gasteiger partial charge in [0.15, 0.2) is 0 Å². The number of amides is 1. The molecule has 0 unspecified atom stereocenters. The first-order valence-corrected chi connectivity index (χ1v) is 9.33. The van der Waals surface area contributed by atoms with Crippen LogP contribution in [0.15, 0.2) is 24.3 Å². The summed E-state index contributed by atoms with van der Waals surface area (Å²) in [5, 5.41) is 0.939. The van der Waals surface area contributed by atoms with E-state index < -0.39 is 0 Å². The van der Waals surface area contributed by atoms with Crippen molar-refractivity contribution in [2.45, 2.75) is 20.3 Å². The number of aromatic nitrogens is 2. The van der Waals surface area contributed by atoms with E-state index in [2.05, 4.69) is 20.3 Å². The Hall–Kier alpha value is -2.15. The number of piperazine rings is 1. The molecular weight excluding hydrogens is 336 g/mol. The third-order valence-corrected chi connectivity index (χ3v) is 5.12. The molecule has 1 saturated heterocycles. The van der Waals surface area contributed by atoms with Crippen molar-refractivity contribution in [1.82, 2.24) is 14.3 Å². The largest absolute Gasteiger partial charge is 0.497 e. The van der Waals surface area contributed by atoms with Crippen LogP contribution in [0.2, 0.25) is 0 Å². The summed E-state index contributed by atoms with van der Waals surface area (Å²) in [6.45, 7) is 7.02. The van der Waals surface area contributed by atoms with Crippen LogP contribution >= 0.6 is 11.5 Å². The number of hydrogen-bond donors (Lipinski definition) is 0. The molecule has 1 aromatic carbocycles. The predicted octanol–water partition coefficient (Wildman–Crippen LogP) is 2.44. The van der Waals surface area contributed by atoms with E-state index in [0.29, 0.717) is 6.42 Å². The smallest absolute Gasteiger partial charge is 0.225 e. The van der Waals surface area contributed by atoms with E-state index in [0.717, 1.165) is 48.4 Å². The van der Waals surface area contributed by atoms with Gasteiger partial charge >= 0.3 is 0 Å². The van der Waals surface area contributed by atoms with E-state index in [1.165, 1.54) is 11.5 Å². The summed E-state index contributed by atoms with van der Waals surface area (Å²) in [7, 11) is 1.67. The number of rotatable bonds is 5. The summed E-state index contributed by atoms with van der Waals surface area (Å²) in [5.41, 5.74) is 1.14. The van der Waals surface area contributed by atoms with E-state index in [-0.39, 0.29) is 11.8 Å². The third kappa shape index (κ3) is 4.28. The second-order valence-corrected chi connectivity index (χ2v) is 7.22. The lowest BCUT2D eigenvalue weighted by Gasteiger charge is -2.35. The number of benzene rings is 1. The van der Waals surface area contributed by atoms with Crippen molar-refractivity contribution >= 4 is 22.6 Å². The molecular formula is C18H24N4O2S. The van der Waals surface area contributed by atoms with Crippen molar-refractivity contribution in [2.24, 2.45) is 5.92 Å². The quantitative estimate of drug-likeness (QED) is 0.820. The first kappa shape index (κ1) is 17.7. The van der Waals surface area contributed by atoms with Crippen LogP contribution in [0.1, 0.15) is 25.2 Å². The molecule has 0 N–H and O–H groups in total. The van der Waals surface area contributed by atoms with Crippen molar-refractivity contribution in [2.75, 3.05) is 38.2 Å². The van der Waals surface area contributed by atoms with Gasteiger partial charge in [-0.25, -0.2) is 4.98 Å². The molecule has 1 aliphatic heterocycles. The van der Waals surface area contributed by atoms with Gasteiger partial charge in [0, 0.05) is 50.1 Å². The average Bonchev–Trinajstić information content (AvgIpc) is 3.09. The van der Waals surface area contributed by atoms with Crippen molar-refractivity contribution in [3.05, 3.63) is 35.7 Å². The molecule has 2 heterocycles. The molecule has 134 valence electrons. The lowest BCUT2D eigenvalue weighted by Crippen LogP contribution is -2.49. The highest BCUT2D eigenvalue weighted by Crippen LogP contribution is 2.22. The molecule has 1 aliphatic rings. The van der Waals surface area contributed by atoms with Crippen LogP contribution in [0.25, 0.3) is 0 Å². The molecule has 3 rings (SSSR count). The Morgan fingerprint density at radius 3 is 2.72 bits per heavy atom. The Balaban J connectivity index is 1.59. The van der Waals surface area contributed by atoms with Gasteiger partial charge in [0.05, 0.1) is 7.11 Å². The van der Waals surface area contributed by atoms with Crippen LogP contribution in [0.4, 0.5) is 5.13 Å². The summed E-state index contributed by atoms with van der Waals surface area (Å²) in [6.07, 6.45) is 0.694. The second-order valence-electron chi connectivity index (χ2n) is 6.49. The minimum Gasteiger partial charge on any atom is -0.497 e. The summed E-state index contributed by atoms with van der Waals surface area (Å²) in [4.78, 5) is 20.9. The molecule has 0 radical (unpaired) electrons. The standard InChI is InChI=1S/C18H24N4O2S/c1-13(2)17(23)21-7-9-22(10-8-21)18-19-16(20-25-18)12-14-5-4-6-15(11-14)24-3/h4-6,11,13H,7-10,12H2,1-3H3. The van der Waals surface area contributed by atoms with Crippen molar-refractivity contribution < 1.29 is 9.53 Å². The Kier molecular flexibility index (Phi) is 5.53. The van der Waals surface area contributed by atoms with Crippen LogP contribution in [0, 0.1) is 5.92 Å². The molecule has 1 amide bonds. The molecule has 0 bridgehead atoms. The minimum absolute atomic E-state index is 0.0579. The summed E-state index contributed by atoms with van der Waals surface area (Å²) in [6, 6.07) is 7.98. The molecule has 1 fully saturated rings. The van der Waals surface area contributed by atoms with Crippen LogP contribution in [-0.2, 0) is 11.2 Å². The Morgan fingerprint density at radius 1 is 1.28 bits per heavy atom. The first-order chi connectivity index (χ1) is 12.1. The number of ether oxygens (including phenoxy) is 1. The Labute approximate surface area is 152 Å². The number of carbonyl (C=O) groups excluding carboxylic acids is 1. The van der Waals surface area contributed by atoms with Crippen molar-refractivity contribution in [1.29, 1.82) is 0 Å². The highest BCUT2D eigenvalue weighted by molar-refractivity contribution is 7.09. The zero-order chi connectivity index (χ0) is 17.8. The van der Waals surface area contributed by atoms with Gasteiger partial charge in [0.1, 0.15) is 11.6 Å². The van der Waals surface area contributed by atoms with Gasteiger partial charge in [0.2, 0.25) is 11.0 Å². The Bertz CT molecular complexity index is 723. The monoisotopic (exact) mass is 360 g/mol. The molecule has 0 aliphatic carbocycles. The van der Waals surface area contributed by atoms with Crippen molar-refractivity contribution in [3.63, 3.8) is 0 Å². The van der Waals surface area contributed by atoms with Crippen LogP contribution in [-0.4, -0.2) is 53.5 Å². The van der Waals surface area contributed by atoms with E-state index in [1.54, 1.807) is 7.11 Å².